The minimum Gasteiger partial charge on any atom is -0.245 e. The lowest BCUT2D eigenvalue weighted by Crippen LogP contribution is -1.60. The Morgan fingerprint density at radius 3 is 3.12 bits per heavy atom. The quantitative estimate of drug-likeness (QED) is 0.565. The Bertz CT molecular complexity index is 169. The van der Waals surface area contributed by atoms with Gasteiger partial charge in [-0.2, -0.15) is 0 Å². The van der Waals surface area contributed by atoms with Gasteiger partial charge in [0.15, 0.2) is 0 Å². The minimum absolute atomic E-state index is 0.485. The van der Waals surface area contributed by atoms with Gasteiger partial charge in [0.1, 0.15) is 5.01 Å². The monoisotopic (exact) mass is 129 g/mol. The molecule has 0 aliphatic carbocycles. The van der Waals surface area contributed by atoms with Gasteiger partial charge in [0.2, 0.25) is 0 Å². The highest BCUT2D eigenvalue weighted by atomic mass is 32.1. The highest BCUT2D eigenvalue weighted by molar-refractivity contribution is 7.10. The summed E-state index contributed by atoms with van der Waals surface area (Å²) < 4.78 is 11.3. The predicted octanol–water partition coefficient (Wildman–Crippen LogP) is 2.08. The van der Waals surface area contributed by atoms with Crippen molar-refractivity contribution < 1.29 is 4.39 Å². The largest absolute Gasteiger partial charge is 0.245 e. The van der Waals surface area contributed by atoms with Crippen LogP contribution >= 0.6 is 11.3 Å². The predicted molar refractivity (Wildman–Crippen MR) is 32.3 cm³/mol. The maximum absolute atomic E-state index is 11.3. The molecule has 0 unspecified atom stereocenters. The van der Waals surface area contributed by atoms with Gasteiger partial charge >= 0.3 is 0 Å². The van der Waals surface area contributed by atoms with Crippen molar-refractivity contribution in [2.45, 2.75) is 0 Å². The molecule has 0 atom stereocenters. The fourth-order valence-electron chi connectivity index (χ4n) is 0.371. The van der Waals surface area contributed by atoms with Crippen molar-refractivity contribution in [3.8, 4) is 0 Å². The maximum Gasteiger partial charge on any atom is 0.118 e. The molecular weight excluding hydrogens is 125 g/mol. The number of halogens is 1. The summed E-state index contributed by atoms with van der Waals surface area (Å²) in [5.41, 5.74) is 0. The van der Waals surface area contributed by atoms with E-state index in [0.717, 1.165) is 0 Å². The second-order valence-electron chi connectivity index (χ2n) is 1.16. The van der Waals surface area contributed by atoms with E-state index < -0.39 is 0 Å². The molecule has 0 fully saturated rings. The molecule has 1 aromatic rings. The van der Waals surface area contributed by atoms with Gasteiger partial charge in [0.25, 0.3) is 0 Å². The van der Waals surface area contributed by atoms with Crippen molar-refractivity contribution in [1.29, 1.82) is 0 Å². The van der Waals surface area contributed by atoms with Crippen LogP contribution in [0.4, 0.5) is 4.39 Å². The summed E-state index contributed by atoms with van der Waals surface area (Å²) in [6.45, 7) is 0. The molecule has 0 aliphatic heterocycles. The van der Waals surface area contributed by atoms with E-state index in [1.807, 2.05) is 0 Å². The molecule has 1 nitrogen and oxygen atoms in total. The first-order valence-corrected chi connectivity index (χ1v) is 2.97. The molecule has 1 heterocycles. The van der Waals surface area contributed by atoms with Crippen LogP contribution < -0.4 is 0 Å². The van der Waals surface area contributed by atoms with Crippen molar-refractivity contribution in [3.63, 3.8) is 0 Å². The van der Waals surface area contributed by atoms with Gasteiger partial charge in [-0.3, -0.25) is 0 Å². The summed E-state index contributed by atoms with van der Waals surface area (Å²) in [7, 11) is 0. The van der Waals surface area contributed by atoms with Gasteiger partial charge in [-0.25, -0.2) is 9.37 Å². The summed E-state index contributed by atoms with van der Waals surface area (Å²) in [6, 6.07) is 0. The molecule has 0 saturated carbocycles. The van der Waals surface area contributed by atoms with Crippen LogP contribution in [0.3, 0.4) is 0 Å². The third-order valence-corrected chi connectivity index (χ3v) is 1.40. The molecule has 0 N–H and O–H groups in total. The molecule has 0 amide bonds. The van der Waals surface area contributed by atoms with Crippen LogP contribution in [0.2, 0.25) is 0 Å². The zero-order valence-electron chi connectivity index (χ0n) is 4.04. The standard InChI is InChI=1S/C5H4FNS/c6-2-1-5-7-3-4-8-5/h1-4H/b2-1-. The van der Waals surface area contributed by atoms with Crippen molar-refractivity contribution in [2.24, 2.45) is 0 Å². The average molecular weight is 129 g/mol. The molecule has 8 heavy (non-hydrogen) atoms. The maximum atomic E-state index is 11.3. The van der Waals surface area contributed by atoms with E-state index in [0.29, 0.717) is 11.3 Å². The van der Waals surface area contributed by atoms with E-state index in [-0.39, 0.29) is 0 Å². The number of nitrogens with zero attached hydrogens (tertiary/aromatic N) is 1. The van der Waals surface area contributed by atoms with Crippen LogP contribution in [0.25, 0.3) is 6.08 Å². The van der Waals surface area contributed by atoms with E-state index in [9.17, 15) is 4.39 Å². The number of aromatic nitrogens is 1. The number of hydrogen-bond donors (Lipinski definition) is 0. The molecule has 0 aliphatic rings. The zero-order valence-corrected chi connectivity index (χ0v) is 4.86. The third-order valence-electron chi connectivity index (χ3n) is 0.657. The highest BCUT2D eigenvalue weighted by Gasteiger charge is 1.83. The summed E-state index contributed by atoms with van der Waals surface area (Å²) in [6.07, 6.45) is 3.45. The van der Waals surface area contributed by atoms with Crippen LogP contribution in [-0.4, -0.2) is 4.98 Å². The van der Waals surface area contributed by atoms with E-state index in [4.69, 9.17) is 0 Å². The Balaban J connectivity index is 2.77. The topological polar surface area (TPSA) is 12.9 Å². The van der Waals surface area contributed by atoms with Crippen LogP contribution in [-0.2, 0) is 0 Å². The Hall–Kier alpha value is -0.700. The molecule has 1 rings (SSSR count). The average Bonchev–Trinajstić information content (AvgIpc) is 2.19. The fraction of sp³-hybridized carbons (Fsp3) is 0. The summed E-state index contributed by atoms with van der Waals surface area (Å²) >= 11 is 1.41. The van der Waals surface area contributed by atoms with Gasteiger partial charge in [0.05, 0.1) is 6.33 Å². The normalized spacial score (nSPS) is 10.6. The molecule has 0 spiro atoms. The Kier molecular flexibility index (Phi) is 1.75. The van der Waals surface area contributed by atoms with Gasteiger partial charge < -0.3 is 0 Å². The van der Waals surface area contributed by atoms with Gasteiger partial charge in [-0.05, 0) is 0 Å². The summed E-state index contributed by atoms with van der Waals surface area (Å²) in [5.74, 6) is 0. The number of rotatable bonds is 1. The lowest BCUT2D eigenvalue weighted by Gasteiger charge is -1.71. The SMILES string of the molecule is F/C=C\c1nccs1. The van der Waals surface area contributed by atoms with Crippen molar-refractivity contribution >= 4 is 17.4 Å². The molecule has 42 valence electrons. The zero-order chi connectivity index (χ0) is 5.82. The van der Waals surface area contributed by atoms with E-state index in [2.05, 4.69) is 4.98 Å². The highest BCUT2D eigenvalue weighted by Crippen LogP contribution is 2.04. The van der Waals surface area contributed by atoms with E-state index in [1.54, 1.807) is 11.6 Å². The first-order valence-electron chi connectivity index (χ1n) is 2.10. The molecule has 1 aromatic heterocycles. The second-order valence-corrected chi connectivity index (χ2v) is 2.09. The summed E-state index contributed by atoms with van der Waals surface area (Å²) in [5, 5.41) is 2.50. The molecule has 0 saturated heterocycles. The van der Waals surface area contributed by atoms with Gasteiger partial charge in [0, 0.05) is 17.7 Å². The lowest BCUT2D eigenvalue weighted by molar-refractivity contribution is 0.727. The Morgan fingerprint density at radius 1 is 1.75 bits per heavy atom. The molecular formula is C5H4FNS. The molecule has 0 bridgehead atoms. The molecule has 0 aromatic carbocycles. The van der Waals surface area contributed by atoms with Crippen molar-refractivity contribution in [2.75, 3.05) is 0 Å². The third kappa shape index (κ3) is 1.13. The lowest BCUT2D eigenvalue weighted by atomic mass is 10.7. The van der Waals surface area contributed by atoms with Crippen molar-refractivity contribution in [3.05, 3.63) is 22.9 Å². The first-order chi connectivity index (χ1) is 3.93. The fourth-order valence-corrected chi connectivity index (χ4v) is 0.884. The Morgan fingerprint density at radius 2 is 2.62 bits per heavy atom. The van der Waals surface area contributed by atoms with E-state index in [1.165, 1.54) is 17.4 Å². The van der Waals surface area contributed by atoms with E-state index >= 15 is 0 Å². The van der Waals surface area contributed by atoms with Crippen molar-refractivity contribution in [1.82, 2.24) is 4.98 Å². The second kappa shape index (κ2) is 2.57. The van der Waals surface area contributed by atoms with Gasteiger partial charge in [-0.1, -0.05) is 0 Å². The Labute approximate surface area is 50.5 Å². The van der Waals surface area contributed by atoms with Gasteiger partial charge in [-0.15, -0.1) is 11.3 Å². The minimum atomic E-state index is 0.485. The molecule has 3 heteroatoms. The molecule has 0 radical (unpaired) electrons. The number of thiazole rings is 1. The smallest absolute Gasteiger partial charge is 0.118 e. The first kappa shape index (κ1) is 5.44. The van der Waals surface area contributed by atoms with Crippen LogP contribution in [0.5, 0.6) is 0 Å². The van der Waals surface area contributed by atoms with Crippen LogP contribution in [0.1, 0.15) is 5.01 Å². The van der Waals surface area contributed by atoms with Crippen LogP contribution in [0, 0.1) is 0 Å². The summed E-state index contributed by atoms with van der Waals surface area (Å²) in [4.78, 5) is 3.80. The number of hydrogen-bond acceptors (Lipinski definition) is 2. The van der Waals surface area contributed by atoms with Crippen LogP contribution in [0.15, 0.2) is 17.9 Å².